The zero-order valence-electron chi connectivity index (χ0n) is 14.8. The summed E-state index contributed by atoms with van der Waals surface area (Å²) in [5.74, 6) is 0.736. The van der Waals surface area contributed by atoms with E-state index >= 15 is 0 Å². The van der Waals surface area contributed by atoms with E-state index in [1.165, 1.54) is 26.0 Å². The highest BCUT2D eigenvalue weighted by molar-refractivity contribution is 7.98. The fourth-order valence-electron chi connectivity index (χ4n) is 2.69. The predicted octanol–water partition coefficient (Wildman–Crippen LogP) is 2.68. The molecule has 0 aliphatic heterocycles. The molecule has 10 heteroatoms. The zero-order chi connectivity index (χ0) is 18.8. The molecule has 26 heavy (non-hydrogen) atoms. The highest BCUT2D eigenvalue weighted by Gasteiger charge is 2.31. The number of rotatable bonds is 7. The number of carbonyl (C=O) groups excluding carboxylic acids is 2. The van der Waals surface area contributed by atoms with Crippen LogP contribution in [0.25, 0.3) is 0 Å². The molecule has 1 aliphatic carbocycles. The van der Waals surface area contributed by atoms with Crippen molar-refractivity contribution in [2.45, 2.75) is 43.1 Å². The van der Waals surface area contributed by atoms with E-state index in [0.29, 0.717) is 22.1 Å². The number of thiophene rings is 1. The molecule has 3 rings (SSSR count). The molecule has 2 aromatic heterocycles. The Labute approximate surface area is 159 Å². The number of esters is 2. The smallest absolute Gasteiger partial charge is 0.348 e. The van der Waals surface area contributed by atoms with Gasteiger partial charge in [0.25, 0.3) is 0 Å². The predicted molar refractivity (Wildman–Crippen MR) is 98.6 cm³/mol. The maximum Gasteiger partial charge on any atom is 0.348 e. The molecule has 0 unspecified atom stereocenters. The van der Waals surface area contributed by atoms with E-state index in [0.717, 1.165) is 41.7 Å². The quantitative estimate of drug-likeness (QED) is 0.562. The van der Waals surface area contributed by atoms with Gasteiger partial charge in [0.05, 0.1) is 19.8 Å². The lowest BCUT2D eigenvalue weighted by molar-refractivity contribution is 0.0601. The lowest BCUT2D eigenvalue weighted by Gasteiger charge is -2.08. The third-order valence-corrected chi connectivity index (χ3v) is 6.18. The minimum atomic E-state index is -0.569. The number of thioether (sulfide) groups is 1. The van der Waals surface area contributed by atoms with Crippen molar-refractivity contribution in [1.82, 2.24) is 14.8 Å². The second-order valence-electron chi connectivity index (χ2n) is 5.78. The molecule has 1 fully saturated rings. The summed E-state index contributed by atoms with van der Waals surface area (Å²) in [5.41, 5.74) is 6.68. The zero-order valence-corrected chi connectivity index (χ0v) is 16.4. The van der Waals surface area contributed by atoms with Gasteiger partial charge in [0.15, 0.2) is 5.16 Å². The first kappa shape index (κ1) is 18.7. The lowest BCUT2D eigenvalue weighted by Crippen LogP contribution is -2.09. The second kappa shape index (κ2) is 7.67. The molecule has 0 bridgehead atoms. The van der Waals surface area contributed by atoms with Gasteiger partial charge < -0.3 is 19.8 Å². The molecule has 2 N–H and O–H groups in total. The van der Waals surface area contributed by atoms with Crippen LogP contribution in [-0.2, 0) is 21.8 Å². The van der Waals surface area contributed by atoms with E-state index < -0.39 is 11.9 Å². The summed E-state index contributed by atoms with van der Waals surface area (Å²) in [6, 6.07) is 0. The van der Waals surface area contributed by atoms with Crippen molar-refractivity contribution in [1.29, 1.82) is 0 Å². The summed E-state index contributed by atoms with van der Waals surface area (Å²) in [6.07, 6.45) is 2.28. The Morgan fingerprint density at radius 3 is 2.54 bits per heavy atom. The van der Waals surface area contributed by atoms with Crippen molar-refractivity contribution in [2.24, 2.45) is 0 Å². The molecular weight excluding hydrogens is 376 g/mol. The lowest BCUT2D eigenvalue weighted by atomic mass is 10.1. The Hall–Kier alpha value is -2.07. The van der Waals surface area contributed by atoms with Gasteiger partial charge in [-0.1, -0.05) is 11.8 Å². The average Bonchev–Trinajstić information content (AvgIpc) is 3.33. The van der Waals surface area contributed by atoms with Crippen molar-refractivity contribution >= 4 is 40.0 Å². The Morgan fingerprint density at radius 1 is 1.27 bits per heavy atom. The van der Waals surface area contributed by atoms with Crippen LogP contribution in [0.2, 0.25) is 0 Å². The molecule has 0 radical (unpaired) electrons. The summed E-state index contributed by atoms with van der Waals surface area (Å²) in [7, 11) is 2.58. The summed E-state index contributed by atoms with van der Waals surface area (Å²) >= 11 is 2.44. The number of ether oxygens (including phenoxy) is 2. The molecule has 0 saturated heterocycles. The van der Waals surface area contributed by atoms with Gasteiger partial charge >= 0.3 is 11.9 Å². The van der Waals surface area contributed by atoms with Crippen LogP contribution in [0, 0.1) is 0 Å². The van der Waals surface area contributed by atoms with E-state index in [-0.39, 0.29) is 10.6 Å². The Bertz CT molecular complexity index is 842. The number of anilines is 1. The molecule has 2 aromatic rings. The Balaban J connectivity index is 1.91. The van der Waals surface area contributed by atoms with Crippen LogP contribution in [0.1, 0.15) is 57.1 Å². The Morgan fingerprint density at radius 2 is 1.96 bits per heavy atom. The third-order valence-electron chi connectivity index (χ3n) is 4.14. The first-order chi connectivity index (χ1) is 12.5. The van der Waals surface area contributed by atoms with Crippen LogP contribution < -0.4 is 5.73 Å². The van der Waals surface area contributed by atoms with Gasteiger partial charge in [-0.15, -0.1) is 21.5 Å². The minimum absolute atomic E-state index is 0.218. The monoisotopic (exact) mass is 396 g/mol. The van der Waals surface area contributed by atoms with Gasteiger partial charge in [0.2, 0.25) is 0 Å². The molecule has 1 saturated carbocycles. The molecule has 0 atom stereocenters. The number of nitrogens with two attached hydrogens (primary N) is 1. The van der Waals surface area contributed by atoms with Crippen LogP contribution in [-0.4, -0.2) is 40.9 Å². The number of hydrogen-bond donors (Lipinski definition) is 1. The van der Waals surface area contributed by atoms with Crippen LogP contribution in [0.4, 0.5) is 5.00 Å². The molecule has 140 valence electrons. The summed E-state index contributed by atoms with van der Waals surface area (Å²) in [5, 5.41) is 9.57. The van der Waals surface area contributed by atoms with E-state index in [2.05, 4.69) is 14.8 Å². The van der Waals surface area contributed by atoms with Gasteiger partial charge in [0.1, 0.15) is 15.7 Å². The second-order valence-corrected chi connectivity index (χ2v) is 7.77. The maximum absolute atomic E-state index is 12.1. The fraction of sp³-hybridized carbons (Fsp3) is 0.500. The summed E-state index contributed by atoms with van der Waals surface area (Å²) in [4.78, 5) is 24.5. The van der Waals surface area contributed by atoms with Gasteiger partial charge in [-0.25, -0.2) is 9.59 Å². The minimum Gasteiger partial charge on any atom is -0.465 e. The van der Waals surface area contributed by atoms with Gasteiger partial charge in [-0.3, -0.25) is 0 Å². The molecule has 1 aliphatic rings. The number of aromatic nitrogens is 3. The highest BCUT2D eigenvalue weighted by Crippen LogP contribution is 2.41. The SMILES string of the molecule is CCn1c(SCc2c(C(=O)OC)sc(N)c2C(=O)OC)nnc1C1CC1. The van der Waals surface area contributed by atoms with Crippen LogP contribution in [0.3, 0.4) is 0 Å². The number of methoxy groups -OCH3 is 2. The van der Waals surface area contributed by atoms with Crippen molar-refractivity contribution < 1.29 is 19.1 Å². The molecule has 0 amide bonds. The van der Waals surface area contributed by atoms with E-state index in [4.69, 9.17) is 15.2 Å². The van der Waals surface area contributed by atoms with E-state index in [9.17, 15) is 9.59 Å². The van der Waals surface area contributed by atoms with Crippen LogP contribution in [0.15, 0.2) is 5.16 Å². The normalized spacial score (nSPS) is 13.7. The van der Waals surface area contributed by atoms with Crippen LogP contribution >= 0.6 is 23.1 Å². The molecule has 8 nitrogen and oxygen atoms in total. The van der Waals surface area contributed by atoms with Crippen molar-refractivity contribution in [2.75, 3.05) is 20.0 Å². The van der Waals surface area contributed by atoms with E-state index in [1.807, 2.05) is 6.92 Å². The van der Waals surface area contributed by atoms with Crippen molar-refractivity contribution in [3.63, 3.8) is 0 Å². The number of nitrogen functional groups attached to an aromatic ring is 1. The van der Waals surface area contributed by atoms with Crippen LogP contribution in [0.5, 0.6) is 0 Å². The summed E-state index contributed by atoms with van der Waals surface area (Å²) in [6.45, 7) is 2.81. The average molecular weight is 396 g/mol. The van der Waals surface area contributed by atoms with Gasteiger partial charge in [-0.05, 0) is 19.8 Å². The largest absolute Gasteiger partial charge is 0.465 e. The first-order valence-corrected chi connectivity index (χ1v) is 9.95. The van der Waals surface area contributed by atoms with Crippen molar-refractivity contribution in [3.05, 3.63) is 21.8 Å². The summed E-state index contributed by atoms with van der Waals surface area (Å²) < 4.78 is 11.7. The Kier molecular flexibility index (Phi) is 5.52. The molecule has 0 aromatic carbocycles. The molecule has 2 heterocycles. The number of carbonyl (C=O) groups is 2. The standard InChI is InChI=1S/C16H20N4O4S2/c1-4-20-13(8-5-6-8)18-19-16(20)25-7-9-10(14(21)23-2)12(17)26-11(9)15(22)24-3/h8H,4-7,17H2,1-3H3. The number of nitrogens with zero attached hydrogens (tertiary/aromatic N) is 3. The number of hydrogen-bond acceptors (Lipinski definition) is 9. The molecule has 0 spiro atoms. The topological polar surface area (TPSA) is 109 Å². The van der Waals surface area contributed by atoms with E-state index in [1.54, 1.807) is 0 Å². The van der Waals surface area contributed by atoms with Gasteiger partial charge in [0, 0.05) is 23.8 Å². The highest BCUT2D eigenvalue weighted by atomic mass is 32.2. The molecular formula is C16H20N4O4S2. The fourth-order valence-corrected chi connectivity index (χ4v) is 4.81. The van der Waals surface area contributed by atoms with Gasteiger partial charge in [-0.2, -0.15) is 0 Å². The first-order valence-electron chi connectivity index (χ1n) is 8.15. The third kappa shape index (κ3) is 3.43. The van der Waals surface area contributed by atoms with Crippen molar-refractivity contribution in [3.8, 4) is 0 Å². The maximum atomic E-state index is 12.1.